The summed E-state index contributed by atoms with van der Waals surface area (Å²) in [5.74, 6) is 0.117. The number of aryl methyl sites for hydroxylation is 1. The van der Waals surface area contributed by atoms with Gasteiger partial charge in [0.05, 0.1) is 27.5 Å². The molecule has 11 heteroatoms. The number of aromatic nitrogens is 1. The van der Waals surface area contributed by atoms with E-state index in [1.54, 1.807) is 0 Å². The van der Waals surface area contributed by atoms with Crippen molar-refractivity contribution in [1.82, 2.24) is 15.2 Å². The lowest BCUT2D eigenvalue weighted by atomic mass is 10.0. The van der Waals surface area contributed by atoms with Crippen LogP contribution < -0.4 is 16.4 Å². The lowest BCUT2D eigenvalue weighted by Gasteiger charge is -2.32. The number of nitrogens with two attached hydrogens (primary N) is 1. The summed E-state index contributed by atoms with van der Waals surface area (Å²) in [5, 5.41) is 9.22. The molecule has 2 heterocycles. The van der Waals surface area contributed by atoms with Crippen LogP contribution in [0, 0.1) is 0 Å². The smallest absolute Gasteiger partial charge is 0.241 e. The van der Waals surface area contributed by atoms with E-state index in [0.717, 1.165) is 65.6 Å². The summed E-state index contributed by atoms with van der Waals surface area (Å²) in [6, 6.07) is 22.9. The number of anilines is 1. The van der Waals surface area contributed by atoms with Gasteiger partial charge in [-0.15, -0.1) is 11.3 Å². The minimum absolute atomic E-state index is 0.0167. The number of amides is 2. The Balaban J connectivity index is 1.04. The van der Waals surface area contributed by atoms with E-state index in [9.17, 15) is 9.59 Å². The van der Waals surface area contributed by atoms with Gasteiger partial charge in [-0.1, -0.05) is 83.5 Å². The second-order valence-corrected chi connectivity index (χ2v) is 13.7. The monoisotopic (exact) mass is 667 g/mol. The molecule has 1 aliphatic heterocycles. The van der Waals surface area contributed by atoms with E-state index < -0.39 is 6.04 Å². The second kappa shape index (κ2) is 15.9. The molecular formula is C33H35Cl2N5O2S2. The van der Waals surface area contributed by atoms with Crippen LogP contribution in [0.25, 0.3) is 11.3 Å². The van der Waals surface area contributed by atoms with Gasteiger partial charge in [0.1, 0.15) is 0 Å². The minimum Gasteiger partial charge on any atom is -0.353 e. The Morgan fingerprint density at radius 2 is 1.80 bits per heavy atom. The number of rotatable bonds is 12. The van der Waals surface area contributed by atoms with Crippen LogP contribution in [-0.2, 0) is 22.6 Å². The highest BCUT2D eigenvalue weighted by atomic mass is 35.5. The van der Waals surface area contributed by atoms with E-state index in [4.69, 9.17) is 33.9 Å². The first-order valence-corrected chi connectivity index (χ1v) is 17.2. The molecule has 0 spiro atoms. The average Bonchev–Trinajstić information content (AvgIpc) is 3.51. The number of thioether (sulfide) groups is 1. The molecule has 2 amide bonds. The molecule has 4 N–H and O–H groups in total. The number of likely N-dealkylation sites (tertiary alicyclic amines) is 1. The third kappa shape index (κ3) is 9.54. The summed E-state index contributed by atoms with van der Waals surface area (Å²) in [7, 11) is 0. The highest BCUT2D eigenvalue weighted by Crippen LogP contribution is 2.30. The molecule has 0 unspecified atom stereocenters. The van der Waals surface area contributed by atoms with Crippen LogP contribution in [0.4, 0.5) is 5.69 Å². The normalized spacial score (nSPS) is 14.7. The number of piperidine rings is 1. The largest absolute Gasteiger partial charge is 0.353 e. The summed E-state index contributed by atoms with van der Waals surface area (Å²) < 4.78 is 0.823. The number of benzene rings is 3. The molecule has 1 aliphatic rings. The molecule has 0 radical (unpaired) electrons. The molecule has 230 valence electrons. The Bertz CT molecular complexity index is 1560. The van der Waals surface area contributed by atoms with Crippen molar-refractivity contribution in [3.63, 3.8) is 0 Å². The summed E-state index contributed by atoms with van der Waals surface area (Å²) in [5.41, 5.74) is 10.8. The molecule has 44 heavy (non-hydrogen) atoms. The molecule has 1 atom stereocenters. The van der Waals surface area contributed by atoms with Gasteiger partial charge in [-0.05, 0) is 61.1 Å². The van der Waals surface area contributed by atoms with Gasteiger partial charge in [0.25, 0.3) is 0 Å². The molecule has 7 nitrogen and oxygen atoms in total. The Morgan fingerprint density at radius 3 is 2.57 bits per heavy atom. The van der Waals surface area contributed by atoms with E-state index in [1.807, 2.05) is 78.2 Å². The summed E-state index contributed by atoms with van der Waals surface area (Å²) in [6.45, 7) is 2.64. The third-order valence-electron chi connectivity index (χ3n) is 7.50. The maximum atomic E-state index is 12.7. The molecular weight excluding hydrogens is 633 g/mol. The molecule has 1 aromatic heterocycles. The number of halogens is 2. The van der Waals surface area contributed by atoms with Crippen molar-refractivity contribution in [1.29, 1.82) is 0 Å². The van der Waals surface area contributed by atoms with Crippen molar-refractivity contribution in [3.05, 3.63) is 99.3 Å². The fourth-order valence-electron chi connectivity index (χ4n) is 5.07. The van der Waals surface area contributed by atoms with Crippen LogP contribution in [0.3, 0.4) is 0 Å². The molecule has 4 aromatic rings. The van der Waals surface area contributed by atoms with Gasteiger partial charge in [-0.3, -0.25) is 14.5 Å². The molecule has 0 bridgehead atoms. The molecule has 1 fully saturated rings. The summed E-state index contributed by atoms with van der Waals surface area (Å²) in [4.78, 5) is 32.5. The van der Waals surface area contributed by atoms with Gasteiger partial charge in [-0.25, -0.2) is 4.98 Å². The SMILES string of the molecule is N[C@@H](CCc1ccccc1)C(=O)Nc1cccc(-c2csc(SCC(=O)NC3CCN(Cc4ccc(Cl)c(Cl)c4)CC3)n2)c1. The van der Waals surface area contributed by atoms with Crippen LogP contribution >= 0.6 is 46.3 Å². The molecule has 0 aliphatic carbocycles. The van der Waals surface area contributed by atoms with Gasteiger partial charge in [-0.2, -0.15) is 0 Å². The van der Waals surface area contributed by atoms with Crippen molar-refractivity contribution < 1.29 is 9.59 Å². The predicted octanol–water partition coefficient (Wildman–Crippen LogP) is 6.89. The van der Waals surface area contributed by atoms with Gasteiger partial charge in [0.2, 0.25) is 11.8 Å². The zero-order valence-corrected chi connectivity index (χ0v) is 27.3. The highest BCUT2D eigenvalue weighted by Gasteiger charge is 2.21. The summed E-state index contributed by atoms with van der Waals surface area (Å²) >= 11 is 15.1. The van der Waals surface area contributed by atoms with Crippen LogP contribution in [-0.4, -0.2) is 52.6 Å². The van der Waals surface area contributed by atoms with E-state index >= 15 is 0 Å². The standard InChI is InChI=1S/C33H35Cl2N5O2S2/c34-27-11-9-23(17-28(27)35)19-40-15-13-25(14-16-40)37-31(41)21-44-33-39-30(20-43-33)24-7-4-8-26(18-24)38-32(42)29(36)12-10-22-5-2-1-3-6-22/h1-9,11,17-18,20,25,29H,10,12-16,19,21,36H2,(H,37,41)(H,38,42)/t29-/m0/s1. The quantitative estimate of drug-likeness (QED) is 0.142. The zero-order valence-electron chi connectivity index (χ0n) is 24.2. The molecule has 5 rings (SSSR count). The number of thiazole rings is 1. The van der Waals surface area contributed by atoms with Crippen LogP contribution in [0.1, 0.15) is 30.4 Å². The summed E-state index contributed by atoms with van der Waals surface area (Å²) in [6.07, 6.45) is 3.12. The van der Waals surface area contributed by atoms with Crippen LogP contribution in [0.15, 0.2) is 82.5 Å². The molecule has 1 saturated heterocycles. The lowest BCUT2D eigenvalue weighted by Crippen LogP contribution is -2.44. The Kier molecular flexibility index (Phi) is 11.7. The van der Waals surface area contributed by atoms with Gasteiger partial charge < -0.3 is 16.4 Å². The Hall–Kier alpha value is -2.92. The van der Waals surface area contributed by atoms with Crippen molar-refractivity contribution in [2.45, 2.75) is 48.7 Å². The average molecular weight is 669 g/mol. The number of carbonyl (C=O) groups excluding carboxylic acids is 2. The highest BCUT2D eigenvalue weighted by molar-refractivity contribution is 8.01. The van der Waals surface area contributed by atoms with E-state index in [0.29, 0.717) is 27.9 Å². The van der Waals surface area contributed by atoms with Gasteiger partial charge >= 0.3 is 0 Å². The molecule has 3 aromatic carbocycles. The van der Waals surface area contributed by atoms with Gasteiger partial charge in [0.15, 0.2) is 4.34 Å². The van der Waals surface area contributed by atoms with Crippen molar-refractivity contribution >= 4 is 63.8 Å². The maximum absolute atomic E-state index is 12.7. The van der Waals surface area contributed by atoms with E-state index in [2.05, 4.69) is 15.5 Å². The minimum atomic E-state index is -0.603. The first-order chi connectivity index (χ1) is 21.3. The fourth-order valence-corrected chi connectivity index (χ4v) is 7.04. The number of carbonyl (C=O) groups is 2. The second-order valence-electron chi connectivity index (χ2n) is 10.9. The Morgan fingerprint density at radius 1 is 1.00 bits per heavy atom. The van der Waals surface area contributed by atoms with Crippen molar-refractivity contribution in [3.8, 4) is 11.3 Å². The lowest BCUT2D eigenvalue weighted by molar-refractivity contribution is -0.119. The van der Waals surface area contributed by atoms with Gasteiger partial charge in [0, 0.05) is 42.3 Å². The predicted molar refractivity (Wildman–Crippen MR) is 183 cm³/mol. The van der Waals surface area contributed by atoms with E-state index in [-0.39, 0.29) is 17.9 Å². The fraction of sp³-hybridized carbons (Fsp3) is 0.303. The number of hydrogen-bond acceptors (Lipinski definition) is 7. The Labute approximate surface area is 276 Å². The van der Waals surface area contributed by atoms with Crippen molar-refractivity contribution in [2.75, 3.05) is 24.2 Å². The number of hydrogen-bond donors (Lipinski definition) is 3. The van der Waals surface area contributed by atoms with E-state index in [1.165, 1.54) is 23.1 Å². The van der Waals surface area contributed by atoms with Crippen LogP contribution in [0.2, 0.25) is 10.0 Å². The van der Waals surface area contributed by atoms with Crippen molar-refractivity contribution in [2.24, 2.45) is 5.73 Å². The first kappa shape index (κ1) is 32.5. The number of nitrogens with zero attached hydrogens (tertiary/aromatic N) is 2. The number of nitrogens with one attached hydrogen (secondary N) is 2. The van der Waals surface area contributed by atoms with Crippen LogP contribution in [0.5, 0.6) is 0 Å². The first-order valence-electron chi connectivity index (χ1n) is 14.6. The maximum Gasteiger partial charge on any atom is 0.241 e. The third-order valence-corrected chi connectivity index (χ3v) is 10.3. The topological polar surface area (TPSA) is 100 Å². The molecule has 0 saturated carbocycles. The zero-order chi connectivity index (χ0) is 30.9.